The van der Waals surface area contributed by atoms with Crippen molar-refractivity contribution in [1.82, 2.24) is 0 Å². The van der Waals surface area contributed by atoms with E-state index >= 15 is 0 Å². The fraction of sp³-hybridized carbons (Fsp3) is 0.786. The third-order valence-electron chi connectivity index (χ3n) is 3.94. The summed E-state index contributed by atoms with van der Waals surface area (Å²) >= 11 is 0. The number of esters is 2. The van der Waals surface area contributed by atoms with Crippen LogP contribution in [0.4, 0.5) is 0 Å². The second kappa shape index (κ2) is 5.63. The molecule has 1 fully saturated rings. The average molecular weight is 299 g/mol. The maximum atomic E-state index is 11.4. The SMILES string of the molecule is CC(=O)OCC1O[C@]2(OC(C)=O)OC(C)=NC2[C@@H](C)[C@H]1C. The molecule has 0 aromatic rings. The van der Waals surface area contributed by atoms with E-state index in [1.165, 1.54) is 13.8 Å². The molecule has 0 bridgehead atoms. The van der Waals surface area contributed by atoms with Gasteiger partial charge in [-0.3, -0.25) is 14.3 Å². The monoisotopic (exact) mass is 299 g/mol. The standard InChI is InChI=1S/C14H21NO6/c1-7-8(2)13-14(20-11(5)17,19-9(3)15-13)21-12(7)6-18-10(4)16/h7-8,12-13H,6H2,1-5H3/t7-,8+,12?,13?,14+/m1/s1. The number of nitrogens with zero attached hydrogens (tertiary/aromatic N) is 1. The first kappa shape index (κ1) is 15.8. The van der Waals surface area contributed by atoms with Gasteiger partial charge >= 0.3 is 17.9 Å². The molecule has 2 aliphatic heterocycles. The van der Waals surface area contributed by atoms with Crippen LogP contribution in [0, 0.1) is 11.8 Å². The van der Waals surface area contributed by atoms with E-state index in [0.29, 0.717) is 5.90 Å². The third kappa shape index (κ3) is 3.02. The molecule has 0 aliphatic carbocycles. The molecule has 1 saturated heterocycles. The van der Waals surface area contributed by atoms with E-state index in [1.807, 2.05) is 13.8 Å². The molecule has 0 saturated carbocycles. The lowest BCUT2D eigenvalue weighted by Crippen LogP contribution is -2.59. The number of carbonyl (C=O) groups is 2. The Labute approximate surface area is 123 Å². The molecule has 5 atom stereocenters. The first-order chi connectivity index (χ1) is 9.75. The number of carbonyl (C=O) groups excluding carboxylic acids is 2. The summed E-state index contributed by atoms with van der Waals surface area (Å²) < 4.78 is 21.7. The van der Waals surface area contributed by atoms with Crippen molar-refractivity contribution >= 4 is 17.8 Å². The van der Waals surface area contributed by atoms with Gasteiger partial charge in [-0.2, -0.15) is 0 Å². The van der Waals surface area contributed by atoms with Crippen LogP contribution in [0.3, 0.4) is 0 Å². The summed E-state index contributed by atoms with van der Waals surface area (Å²) in [5, 5.41) is 0. The number of rotatable bonds is 3. The molecule has 7 nitrogen and oxygen atoms in total. The van der Waals surface area contributed by atoms with Crippen molar-refractivity contribution in [3.8, 4) is 0 Å². The lowest BCUT2D eigenvalue weighted by molar-refractivity contribution is -0.379. The van der Waals surface area contributed by atoms with E-state index in [-0.39, 0.29) is 24.4 Å². The fourth-order valence-electron chi connectivity index (χ4n) is 2.74. The molecular formula is C14H21NO6. The molecular weight excluding hydrogens is 278 g/mol. The third-order valence-corrected chi connectivity index (χ3v) is 3.94. The Morgan fingerprint density at radius 2 is 1.90 bits per heavy atom. The predicted molar refractivity (Wildman–Crippen MR) is 72.3 cm³/mol. The van der Waals surface area contributed by atoms with E-state index in [2.05, 4.69) is 4.99 Å². The van der Waals surface area contributed by atoms with Gasteiger partial charge < -0.3 is 14.2 Å². The Morgan fingerprint density at radius 3 is 2.48 bits per heavy atom. The predicted octanol–water partition coefficient (Wildman–Crippen LogP) is 1.25. The van der Waals surface area contributed by atoms with Crippen LogP contribution in [0.1, 0.15) is 34.6 Å². The van der Waals surface area contributed by atoms with Crippen molar-refractivity contribution in [2.75, 3.05) is 6.61 Å². The highest BCUT2D eigenvalue weighted by Gasteiger charge is 2.60. The summed E-state index contributed by atoms with van der Waals surface area (Å²) in [4.78, 5) is 26.8. The van der Waals surface area contributed by atoms with Gasteiger partial charge in [0.25, 0.3) is 0 Å². The quantitative estimate of drug-likeness (QED) is 0.729. The van der Waals surface area contributed by atoms with Gasteiger partial charge in [0.15, 0.2) is 11.9 Å². The lowest BCUT2D eigenvalue weighted by atomic mass is 9.81. The molecule has 118 valence electrons. The Hall–Kier alpha value is -1.63. The Balaban J connectivity index is 2.23. The normalized spacial score (nSPS) is 38.0. The maximum absolute atomic E-state index is 11.4. The van der Waals surface area contributed by atoms with Gasteiger partial charge in [-0.05, 0) is 11.8 Å². The zero-order valence-corrected chi connectivity index (χ0v) is 12.9. The molecule has 0 aromatic heterocycles. The van der Waals surface area contributed by atoms with Gasteiger partial charge in [-0.1, -0.05) is 13.8 Å². The maximum Gasteiger partial charge on any atom is 0.399 e. The summed E-state index contributed by atoms with van der Waals surface area (Å²) in [5.74, 6) is -1.94. The van der Waals surface area contributed by atoms with E-state index in [1.54, 1.807) is 6.92 Å². The van der Waals surface area contributed by atoms with Crippen LogP contribution in [0.5, 0.6) is 0 Å². The summed E-state index contributed by atoms with van der Waals surface area (Å²) in [6.07, 6.45) is -0.430. The van der Waals surface area contributed by atoms with Crippen molar-refractivity contribution < 1.29 is 28.5 Å². The van der Waals surface area contributed by atoms with Gasteiger partial charge in [0.05, 0.1) is 0 Å². The number of ether oxygens (including phenoxy) is 4. The first-order valence-corrected chi connectivity index (χ1v) is 6.99. The van der Waals surface area contributed by atoms with Gasteiger partial charge in [-0.15, -0.1) is 0 Å². The van der Waals surface area contributed by atoms with Crippen LogP contribution < -0.4 is 0 Å². The van der Waals surface area contributed by atoms with Crippen molar-refractivity contribution in [3.63, 3.8) is 0 Å². The fourth-order valence-corrected chi connectivity index (χ4v) is 2.74. The highest BCUT2D eigenvalue weighted by atomic mass is 16.9. The minimum Gasteiger partial charge on any atom is -0.463 e. The van der Waals surface area contributed by atoms with Crippen molar-refractivity contribution in [3.05, 3.63) is 0 Å². The summed E-state index contributed by atoms with van der Waals surface area (Å²) in [6.45, 7) is 8.36. The van der Waals surface area contributed by atoms with Crippen LogP contribution in [0.25, 0.3) is 0 Å². The van der Waals surface area contributed by atoms with Crippen LogP contribution in [0.2, 0.25) is 0 Å². The summed E-state index contributed by atoms with van der Waals surface area (Å²) in [5.41, 5.74) is 0. The topological polar surface area (TPSA) is 83.4 Å². The van der Waals surface area contributed by atoms with Crippen LogP contribution in [0.15, 0.2) is 4.99 Å². The zero-order valence-electron chi connectivity index (χ0n) is 12.9. The molecule has 0 spiro atoms. The number of hydrogen-bond donors (Lipinski definition) is 0. The van der Waals surface area contributed by atoms with Gasteiger partial charge in [0.2, 0.25) is 0 Å². The van der Waals surface area contributed by atoms with Crippen LogP contribution in [-0.4, -0.2) is 42.6 Å². The molecule has 7 heteroatoms. The van der Waals surface area contributed by atoms with Crippen molar-refractivity contribution in [2.24, 2.45) is 16.8 Å². The second-order valence-electron chi connectivity index (χ2n) is 5.57. The van der Waals surface area contributed by atoms with Crippen molar-refractivity contribution in [2.45, 2.75) is 52.7 Å². The van der Waals surface area contributed by atoms with Gasteiger partial charge in [0, 0.05) is 20.8 Å². The van der Waals surface area contributed by atoms with E-state index in [9.17, 15) is 9.59 Å². The minimum atomic E-state index is -1.55. The van der Waals surface area contributed by atoms with E-state index < -0.39 is 24.1 Å². The summed E-state index contributed by atoms with van der Waals surface area (Å²) in [6, 6.07) is -0.426. The Bertz CT molecular complexity index is 476. The summed E-state index contributed by atoms with van der Waals surface area (Å²) in [7, 11) is 0. The Morgan fingerprint density at radius 1 is 1.24 bits per heavy atom. The highest BCUT2D eigenvalue weighted by Crippen LogP contribution is 2.43. The molecule has 0 aromatic carbocycles. The minimum absolute atomic E-state index is 0.0381. The average Bonchev–Trinajstić information content (AvgIpc) is 2.68. The molecule has 0 N–H and O–H groups in total. The smallest absolute Gasteiger partial charge is 0.399 e. The van der Waals surface area contributed by atoms with Crippen LogP contribution in [-0.2, 0) is 28.5 Å². The van der Waals surface area contributed by atoms with E-state index in [0.717, 1.165) is 0 Å². The molecule has 2 heterocycles. The Kier molecular flexibility index (Phi) is 4.22. The molecule has 0 amide bonds. The van der Waals surface area contributed by atoms with Gasteiger partial charge in [-0.25, -0.2) is 4.99 Å². The van der Waals surface area contributed by atoms with Crippen molar-refractivity contribution in [1.29, 1.82) is 0 Å². The molecule has 2 unspecified atom stereocenters. The molecule has 0 radical (unpaired) electrons. The highest BCUT2D eigenvalue weighted by molar-refractivity contribution is 5.76. The number of hydrogen-bond acceptors (Lipinski definition) is 7. The van der Waals surface area contributed by atoms with Gasteiger partial charge in [0.1, 0.15) is 12.7 Å². The first-order valence-electron chi connectivity index (χ1n) is 6.99. The number of fused-ring (bicyclic) bond motifs is 1. The number of aliphatic imine (C=N–C) groups is 1. The largest absolute Gasteiger partial charge is 0.463 e. The molecule has 2 aliphatic rings. The molecule has 21 heavy (non-hydrogen) atoms. The lowest BCUT2D eigenvalue weighted by Gasteiger charge is -2.45. The second-order valence-corrected chi connectivity index (χ2v) is 5.57. The molecule has 2 rings (SSSR count). The zero-order chi connectivity index (χ0) is 15.8. The van der Waals surface area contributed by atoms with E-state index in [4.69, 9.17) is 18.9 Å². The van der Waals surface area contributed by atoms with Crippen LogP contribution >= 0.6 is 0 Å².